The molecule has 1 saturated carbocycles. The molecule has 0 heterocycles. The van der Waals surface area contributed by atoms with Gasteiger partial charge in [0.05, 0.1) is 32.0 Å². The second kappa shape index (κ2) is 19.0. The lowest BCUT2D eigenvalue weighted by molar-refractivity contribution is -0.138. The van der Waals surface area contributed by atoms with Crippen LogP contribution in [0.2, 0.25) is 0 Å². The summed E-state index contributed by atoms with van der Waals surface area (Å²) in [5.74, 6) is 1.12. The van der Waals surface area contributed by atoms with Crippen molar-refractivity contribution < 1.29 is 47.9 Å². The van der Waals surface area contributed by atoms with Crippen molar-refractivity contribution in [3.05, 3.63) is 108 Å². The van der Waals surface area contributed by atoms with Crippen molar-refractivity contribution in [3.63, 3.8) is 0 Å². The number of hydrogen-bond donors (Lipinski definition) is 1. The smallest absolute Gasteiger partial charge is 0.343 e. The van der Waals surface area contributed by atoms with Crippen molar-refractivity contribution in [2.75, 3.05) is 26.4 Å². The van der Waals surface area contributed by atoms with Crippen LogP contribution < -0.4 is 18.9 Å². The van der Waals surface area contributed by atoms with Gasteiger partial charge in [0.2, 0.25) is 6.29 Å². The molecule has 0 bridgehead atoms. The molecule has 0 aliphatic heterocycles. The third-order valence-electron chi connectivity index (χ3n) is 7.99. The highest BCUT2D eigenvalue weighted by molar-refractivity contribution is 5.91. The summed E-state index contributed by atoms with van der Waals surface area (Å²) in [4.78, 5) is 35.2. The van der Waals surface area contributed by atoms with Crippen LogP contribution in [0.1, 0.15) is 84.2 Å². The van der Waals surface area contributed by atoms with E-state index in [4.69, 9.17) is 28.4 Å². The van der Waals surface area contributed by atoms with Gasteiger partial charge in [0, 0.05) is 23.3 Å². The predicted octanol–water partition coefficient (Wildman–Crippen LogP) is 7.33. The molecule has 10 heteroatoms. The Morgan fingerprint density at radius 1 is 0.776 bits per heavy atom. The van der Waals surface area contributed by atoms with Crippen LogP contribution in [0.25, 0.3) is 0 Å². The van der Waals surface area contributed by atoms with E-state index in [0.717, 1.165) is 37.0 Å². The lowest BCUT2D eigenvalue weighted by Crippen LogP contribution is -2.15. The molecule has 1 unspecified atom stereocenters. The zero-order valence-electron chi connectivity index (χ0n) is 27.9. The molecule has 1 aliphatic rings. The van der Waals surface area contributed by atoms with Gasteiger partial charge in [0.1, 0.15) is 23.0 Å². The fourth-order valence-electron chi connectivity index (χ4n) is 4.94. The predicted molar refractivity (Wildman–Crippen MR) is 183 cm³/mol. The number of esters is 3. The fraction of sp³-hybridized carbons (Fsp3) is 0.359. The number of carbonyl (C=O) groups excluding carboxylic acids is 3. The van der Waals surface area contributed by atoms with E-state index >= 15 is 0 Å². The third-order valence-corrected chi connectivity index (χ3v) is 7.99. The summed E-state index contributed by atoms with van der Waals surface area (Å²) in [6.45, 7) is 10.1. The van der Waals surface area contributed by atoms with Gasteiger partial charge in [0.15, 0.2) is 0 Å². The first-order valence-electron chi connectivity index (χ1n) is 16.5. The van der Waals surface area contributed by atoms with E-state index in [1.807, 2.05) is 13.0 Å². The molecule has 4 rings (SSSR count). The molecule has 10 nitrogen and oxygen atoms in total. The SMILES string of the molecule is C=CC(=O)OCCCCOc1ccc(C(=O)Oc2cc(C3CCC3)c(OC(O)c3ccc(OCCCCOC(=O)C=C)cc3)cc2C)cc1. The Kier molecular flexibility index (Phi) is 14.3. The normalized spacial score (nSPS) is 12.9. The van der Waals surface area contributed by atoms with Crippen molar-refractivity contribution in [1.29, 1.82) is 0 Å². The van der Waals surface area contributed by atoms with E-state index in [9.17, 15) is 19.5 Å². The van der Waals surface area contributed by atoms with Crippen molar-refractivity contribution >= 4 is 17.9 Å². The number of hydrogen-bond acceptors (Lipinski definition) is 10. The topological polar surface area (TPSA) is 127 Å². The molecule has 0 spiro atoms. The highest BCUT2D eigenvalue weighted by Crippen LogP contribution is 2.44. The average Bonchev–Trinajstić information content (AvgIpc) is 3.09. The Bertz CT molecular complexity index is 1560. The summed E-state index contributed by atoms with van der Waals surface area (Å²) < 4.78 is 33.3. The number of aliphatic hydroxyl groups excluding tert-OH is 1. The number of unbranched alkanes of at least 4 members (excludes halogenated alkanes) is 2. The minimum Gasteiger partial charge on any atom is -0.494 e. The monoisotopic (exact) mass is 672 g/mol. The highest BCUT2D eigenvalue weighted by atomic mass is 16.6. The molecule has 49 heavy (non-hydrogen) atoms. The molecule has 0 saturated heterocycles. The van der Waals surface area contributed by atoms with Crippen molar-refractivity contribution in [2.45, 2.75) is 64.1 Å². The van der Waals surface area contributed by atoms with Gasteiger partial charge in [-0.05, 0) is 118 Å². The van der Waals surface area contributed by atoms with Crippen LogP contribution in [-0.4, -0.2) is 49.4 Å². The second-order valence-corrected chi connectivity index (χ2v) is 11.6. The summed E-state index contributed by atoms with van der Waals surface area (Å²) in [6, 6.07) is 17.4. The van der Waals surface area contributed by atoms with Gasteiger partial charge in [-0.2, -0.15) is 0 Å². The van der Waals surface area contributed by atoms with Crippen LogP contribution in [-0.2, 0) is 19.1 Å². The number of rotatable bonds is 20. The van der Waals surface area contributed by atoms with Crippen LogP contribution in [0.5, 0.6) is 23.0 Å². The van der Waals surface area contributed by atoms with E-state index in [-0.39, 0.29) is 5.92 Å². The van der Waals surface area contributed by atoms with Gasteiger partial charge in [-0.1, -0.05) is 19.6 Å². The molecule has 3 aromatic carbocycles. The first-order chi connectivity index (χ1) is 23.8. The van der Waals surface area contributed by atoms with Crippen LogP contribution in [0, 0.1) is 6.92 Å². The standard InChI is InChI=1S/C39H44O10/c1-4-36(40)46-23-8-6-21-44-31-17-13-29(14-18-31)38(42)48-34-26-33(28-11-10-12-28)35(25-27(34)3)49-39(43)30-15-19-32(20-16-30)45-22-7-9-24-47-37(41)5-2/h4-5,13-20,25-26,28,39,43H,1-2,6-12,21-24H2,3H3. The minimum atomic E-state index is -1.21. The van der Waals surface area contributed by atoms with Crippen LogP contribution >= 0.6 is 0 Å². The molecular weight excluding hydrogens is 628 g/mol. The Balaban J connectivity index is 1.30. The Labute approximate surface area is 287 Å². The summed E-state index contributed by atoms with van der Waals surface area (Å²) in [7, 11) is 0. The van der Waals surface area contributed by atoms with Gasteiger partial charge < -0.3 is 33.5 Å². The lowest BCUT2D eigenvalue weighted by atomic mass is 9.79. The maximum Gasteiger partial charge on any atom is 0.343 e. The molecule has 1 fully saturated rings. The Hall–Kier alpha value is -5.09. The van der Waals surface area contributed by atoms with Gasteiger partial charge in [-0.15, -0.1) is 0 Å². The molecule has 0 aromatic heterocycles. The average molecular weight is 673 g/mol. The van der Waals surface area contributed by atoms with Crippen molar-refractivity contribution in [3.8, 4) is 23.0 Å². The zero-order chi connectivity index (χ0) is 35.0. The maximum atomic E-state index is 13.1. The van der Waals surface area contributed by atoms with E-state index in [1.165, 1.54) is 0 Å². The Morgan fingerprint density at radius 3 is 1.82 bits per heavy atom. The lowest BCUT2D eigenvalue weighted by Gasteiger charge is -2.29. The van der Waals surface area contributed by atoms with Crippen LogP contribution in [0.15, 0.2) is 86.0 Å². The molecule has 260 valence electrons. The number of aryl methyl sites for hydroxylation is 1. The minimum absolute atomic E-state index is 0.238. The number of carbonyl (C=O) groups is 3. The molecule has 3 aromatic rings. The molecule has 0 radical (unpaired) electrons. The fourth-order valence-corrected chi connectivity index (χ4v) is 4.94. The summed E-state index contributed by atoms with van der Waals surface area (Å²) >= 11 is 0. The molecule has 0 amide bonds. The number of aliphatic hydroxyl groups is 1. The van der Waals surface area contributed by atoms with Gasteiger partial charge in [-0.3, -0.25) is 0 Å². The van der Waals surface area contributed by atoms with E-state index in [1.54, 1.807) is 54.6 Å². The summed E-state index contributed by atoms with van der Waals surface area (Å²) in [6.07, 6.45) is 6.87. The maximum absolute atomic E-state index is 13.1. The molecule has 1 aliphatic carbocycles. The zero-order valence-corrected chi connectivity index (χ0v) is 27.9. The highest BCUT2D eigenvalue weighted by Gasteiger charge is 2.26. The van der Waals surface area contributed by atoms with E-state index in [0.29, 0.717) is 91.8 Å². The van der Waals surface area contributed by atoms with E-state index in [2.05, 4.69) is 13.2 Å². The molecule has 1 N–H and O–H groups in total. The Morgan fingerprint density at radius 2 is 1.31 bits per heavy atom. The van der Waals surface area contributed by atoms with Crippen LogP contribution in [0.3, 0.4) is 0 Å². The first kappa shape index (κ1) is 36.7. The third kappa shape index (κ3) is 11.5. The van der Waals surface area contributed by atoms with E-state index < -0.39 is 24.2 Å². The largest absolute Gasteiger partial charge is 0.494 e. The summed E-state index contributed by atoms with van der Waals surface area (Å²) in [5, 5.41) is 11.0. The second-order valence-electron chi connectivity index (χ2n) is 11.6. The van der Waals surface area contributed by atoms with Gasteiger partial charge in [0.25, 0.3) is 0 Å². The first-order valence-corrected chi connectivity index (χ1v) is 16.5. The molecular formula is C39H44O10. The molecule has 1 atom stereocenters. The van der Waals surface area contributed by atoms with Gasteiger partial charge >= 0.3 is 17.9 Å². The quantitative estimate of drug-likeness (QED) is 0.0429. The van der Waals surface area contributed by atoms with Crippen molar-refractivity contribution in [2.24, 2.45) is 0 Å². The number of benzene rings is 3. The van der Waals surface area contributed by atoms with Crippen LogP contribution in [0.4, 0.5) is 0 Å². The number of ether oxygens (including phenoxy) is 6. The van der Waals surface area contributed by atoms with Crippen molar-refractivity contribution in [1.82, 2.24) is 0 Å². The van der Waals surface area contributed by atoms with Gasteiger partial charge in [-0.25, -0.2) is 14.4 Å². The summed E-state index contributed by atoms with van der Waals surface area (Å²) in [5.41, 5.74) is 2.53.